The molecule has 4 aromatic carbocycles. The van der Waals surface area contributed by atoms with E-state index in [1.807, 2.05) is 43.3 Å². The van der Waals surface area contributed by atoms with Gasteiger partial charge in [-0.15, -0.1) is 0 Å². The highest BCUT2D eigenvalue weighted by Crippen LogP contribution is 2.39. The van der Waals surface area contributed by atoms with Crippen LogP contribution >= 0.6 is 11.3 Å². The minimum Gasteiger partial charge on any atom is -0.497 e. The summed E-state index contributed by atoms with van der Waals surface area (Å²) in [6.07, 6.45) is 3.07. The lowest BCUT2D eigenvalue weighted by molar-refractivity contribution is -0.139. The van der Waals surface area contributed by atoms with E-state index >= 15 is 0 Å². The molecule has 1 aromatic heterocycles. The number of fused-ring (bicyclic) bond motifs is 2. The van der Waals surface area contributed by atoms with E-state index in [2.05, 4.69) is 24.3 Å². The van der Waals surface area contributed by atoms with Crippen LogP contribution in [-0.4, -0.2) is 38.5 Å². The number of hydrogen-bond donors (Lipinski definition) is 0. The van der Waals surface area contributed by atoms with Crippen molar-refractivity contribution < 1.29 is 28.5 Å². The van der Waals surface area contributed by atoms with Gasteiger partial charge in [0, 0.05) is 5.56 Å². The molecule has 9 nitrogen and oxygen atoms in total. The molecule has 0 amide bonds. The van der Waals surface area contributed by atoms with Crippen LogP contribution in [-0.2, 0) is 16.1 Å². The Balaban J connectivity index is 1.43. The summed E-state index contributed by atoms with van der Waals surface area (Å²) in [7, 11) is 4.71. The average molecular weight is 679 g/mol. The van der Waals surface area contributed by atoms with Gasteiger partial charge in [-0.05, 0) is 71.7 Å². The smallest absolute Gasteiger partial charge is 0.338 e. The number of rotatable bonds is 12. The number of benzene rings is 4. The Morgan fingerprint density at radius 2 is 1.67 bits per heavy atom. The first-order chi connectivity index (χ1) is 23.9. The molecule has 0 unspecified atom stereocenters. The molecule has 0 aliphatic carbocycles. The number of hydrogen-bond acceptors (Lipinski definition) is 9. The van der Waals surface area contributed by atoms with Gasteiger partial charge in [0.2, 0.25) is 0 Å². The average Bonchev–Trinajstić information content (AvgIpc) is 3.43. The zero-order valence-electron chi connectivity index (χ0n) is 28.1. The van der Waals surface area contributed by atoms with Gasteiger partial charge in [-0.1, -0.05) is 73.2 Å². The van der Waals surface area contributed by atoms with Crippen molar-refractivity contribution in [1.29, 1.82) is 0 Å². The zero-order valence-corrected chi connectivity index (χ0v) is 29.0. The molecule has 0 N–H and O–H groups in total. The highest BCUT2D eigenvalue weighted by Gasteiger charge is 2.36. The van der Waals surface area contributed by atoms with E-state index in [0.717, 1.165) is 28.3 Å². The van der Waals surface area contributed by atoms with Crippen LogP contribution in [0.25, 0.3) is 16.8 Å². The first-order valence-corrected chi connectivity index (χ1v) is 16.9. The monoisotopic (exact) mass is 678 g/mol. The third-order valence-corrected chi connectivity index (χ3v) is 9.36. The maximum atomic E-state index is 14.3. The highest BCUT2D eigenvalue weighted by molar-refractivity contribution is 7.07. The van der Waals surface area contributed by atoms with Crippen molar-refractivity contribution in [3.8, 4) is 23.0 Å². The fraction of sp³-hybridized carbons (Fsp3) is 0.256. The maximum absolute atomic E-state index is 14.3. The molecule has 0 radical (unpaired) electrons. The summed E-state index contributed by atoms with van der Waals surface area (Å²) < 4.78 is 30.7. The third kappa shape index (κ3) is 6.69. The Labute approximate surface area is 288 Å². The lowest BCUT2D eigenvalue weighted by Gasteiger charge is -2.27. The zero-order chi connectivity index (χ0) is 34.5. The Hall–Kier alpha value is -5.35. The molecule has 0 saturated heterocycles. The second-order valence-corrected chi connectivity index (χ2v) is 12.4. The van der Waals surface area contributed by atoms with Crippen LogP contribution < -0.4 is 33.8 Å². The summed E-state index contributed by atoms with van der Waals surface area (Å²) in [5, 5.41) is 2.28. The number of ether oxygens (including phenoxy) is 5. The van der Waals surface area contributed by atoms with E-state index in [0.29, 0.717) is 62.2 Å². The molecule has 2 heterocycles. The van der Waals surface area contributed by atoms with Crippen LogP contribution in [0.1, 0.15) is 49.4 Å². The van der Waals surface area contributed by atoms with Crippen LogP contribution in [0, 0.1) is 0 Å². The van der Waals surface area contributed by atoms with Gasteiger partial charge in [-0.25, -0.2) is 9.79 Å². The van der Waals surface area contributed by atoms with E-state index in [-0.39, 0.29) is 12.2 Å². The molecule has 0 bridgehead atoms. The molecule has 6 rings (SSSR count). The molecule has 49 heavy (non-hydrogen) atoms. The number of allylic oxidation sites excluding steroid dienone is 1. The summed E-state index contributed by atoms with van der Waals surface area (Å²) >= 11 is 1.26. The molecule has 10 heteroatoms. The van der Waals surface area contributed by atoms with Crippen molar-refractivity contribution in [3.05, 3.63) is 127 Å². The van der Waals surface area contributed by atoms with Crippen molar-refractivity contribution in [2.45, 2.75) is 39.3 Å². The largest absolute Gasteiger partial charge is 0.497 e. The maximum Gasteiger partial charge on any atom is 0.338 e. The van der Waals surface area contributed by atoms with Crippen molar-refractivity contribution in [2.75, 3.05) is 27.9 Å². The predicted molar refractivity (Wildman–Crippen MR) is 190 cm³/mol. The molecular formula is C39H38N2O7S. The fourth-order valence-electron chi connectivity index (χ4n) is 6.09. The van der Waals surface area contributed by atoms with Crippen LogP contribution in [0.2, 0.25) is 0 Å². The molecule has 252 valence electrons. The standard InChI is InChI=1S/C39H38N2O7S/c1-6-11-30-35(38(43)47-7-2)36(29-22-27(44-3)17-19-31(29)45-4)41-37(42)34(49-39(41)40-30)21-24-16-18-32(33(20-24)46-5)48-23-26-14-10-13-25-12-8-9-15-28(25)26/h8-10,12-22,36H,6-7,11,23H2,1-5H3/b34-21-/t36-/m1/s1. The van der Waals surface area contributed by atoms with E-state index in [9.17, 15) is 9.59 Å². The Kier molecular flexibility index (Phi) is 10.1. The number of carbonyl (C=O) groups is 1. The van der Waals surface area contributed by atoms with Gasteiger partial charge in [-0.2, -0.15) is 0 Å². The SMILES string of the molecule is CCCC1=C(C(=O)OCC)[C@@H](c2cc(OC)ccc2OC)n2c(s/c(=C\c3ccc(OCc4cccc5ccccc45)c(OC)c3)c2=O)=N1. The van der Waals surface area contributed by atoms with Crippen LogP contribution in [0.4, 0.5) is 0 Å². The van der Waals surface area contributed by atoms with E-state index in [4.69, 9.17) is 28.7 Å². The van der Waals surface area contributed by atoms with Gasteiger partial charge >= 0.3 is 5.97 Å². The van der Waals surface area contributed by atoms with Crippen molar-refractivity contribution in [3.63, 3.8) is 0 Å². The topological polar surface area (TPSA) is 97.6 Å². The first kappa shape index (κ1) is 33.5. The van der Waals surface area contributed by atoms with E-state index < -0.39 is 12.0 Å². The number of methoxy groups -OCH3 is 3. The third-order valence-electron chi connectivity index (χ3n) is 8.37. The molecule has 0 saturated carbocycles. The number of thiazole rings is 1. The summed E-state index contributed by atoms with van der Waals surface area (Å²) in [4.78, 5) is 33.2. The predicted octanol–water partition coefficient (Wildman–Crippen LogP) is 6.34. The summed E-state index contributed by atoms with van der Waals surface area (Å²) in [6.45, 7) is 4.32. The molecule has 1 aliphatic heterocycles. The minimum atomic E-state index is -0.844. The van der Waals surface area contributed by atoms with Crippen LogP contribution in [0.15, 0.2) is 99.9 Å². The molecular weight excluding hydrogens is 641 g/mol. The number of esters is 1. The molecule has 5 aromatic rings. The van der Waals surface area contributed by atoms with Gasteiger partial charge in [-0.3, -0.25) is 9.36 Å². The molecule has 0 spiro atoms. The second kappa shape index (κ2) is 14.8. The molecule has 0 fully saturated rings. The summed E-state index contributed by atoms with van der Waals surface area (Å²) in [5.74, 6) is 1.66. The van der Waals surface area contributed by atoms with Gasteiger partial charge in [0.15, 0.2) is 16.3 Å². The normalized spacial score (nSPS) is 14.3. The fourth-order valence-corrected chi connectivity index (χ4v) is 7.11. The Bertz CT molecular complexity index is 2230. The quantitative estimate of drug-likeness (QED) is 0.142. The summed E-state index contributed by atoms with van der Waals surface area (Å²) in [5.41, 5.74) is 2.99. The lowest BCUT2D eigenvalue weighted by atomic mass is 9.93. The van der Waals surface area contributed by atoms with Gasteiger partial charge in [0.1, 0.15) is 24.1 Å². The summed E-state index contributed by atoms with van der Waals surface area (Å²) in [6, 6.07) is 24.4. The van der Waals surface area contributed by atoms with Gasteiger partial charge in [0.25, 0.3) is 5.56 Å². The van der Waals surface area contributed by atoms with Crippen LogP contribution in [0.5, 0.6) is 23.0 Å². The van der Waals surface area contributed by atoms with E-state index in [1.54, 1.807) is 57.1 Å². The highest BCUT2D eigenvalue weighted by atomic mass is 32.1. The number of aromatic nitrogens is 1. The van der Waals surface area contributed by atoms with E-state index in [1.165, 1.54) is 11.3 Å². The Morgan fingerprint density at radius 1 is 0.898 bits per heavy atom. The first-order valence-electron chi connectivity index (χ1n) is 16.1. The van der Waals surface area contributed by atoms with Crippen molar-refractivity contribution in [1.82, 2.24) is 4.57 Å². The molecule has 1 aliphatic rings. The number of carbonyl (C=O) groups excluding carboxylic acids is 1. The molecule has 1 atom stereocenters. The van der Waals surface area contributed by atoms with Crippen LogP contribution in [0.3, 0.4) is 0 Å². The van der Waals surface area contributed by atoms with Gasteiger partial charge in [0.05, 0.1) is 43.7 Å². The van der Waals surface area contributed by atoms with Gasteiger partial charge < -0.3 is 23.7 Å². The lowest BCUT2D eigenvalue weighted by Crippen LogP contribution is -2.40. The second-order valence-electron chi connectivity index (χ2n) is 11.4. The minimum absolute atomic E-state index is 0.178. The van der Waals surface area contributed by atoms with Crippen molar-refractivity contribution >= 4 is 34.2 Å². The number of nitrogens with zero attached hydrogens (tertiary/aromatic N) is 2. The van der Waals surface area contributed by atoms with Crippen molar-refractivity contribution in [2.24, 2.45) is 4.99 Å². The Morgan fingerprint density at radius 3 is 2.43 bits per heavy atom.